The van der Waals surface area contributed by atoms with E-state index in [-0.39, 0.29) is 17.5 Å². The minimum Gasteiger partial charge on any atom is -0.371 e. The SMILES string of the molecule is CC1=CC(=O)C(CCC(=O)c2cc(Cl)cc(N3CCC3)c2C)C(C)=C1. The summed E-state index contributed by atoms with van der Waals surface area (Å²) in [6.07, 6.45) is 5.79. The molecule has 0 radical (unpaired) electrons. The highest BCUT2D eigenvalue weighted by Gasteiger charge is 2.25. The van der Waals surface area contributed by atoms with Crippen molar-refractivity contribution in [1.82, 2.24) is 0 Å². The van der Waals surface area contributed by atoms with Gasteiger partial charge in [-0.25, -0.2) is 0 Å². The third kappa shape index (κ3) is 3.72. The average molecular weight is 358 g/mol. The third-order valence-electron chi connectivity index (χ3n) is 5.22. The van der Waals surface area contributed by atoms with Crippen LogP contribution in [-0.2, 0) is 4.79 Å². The molecule has 0 aromatic heterocycles. The molecule has 1 unspecified atom stereocenters. The summed E-state index contributed by atoms with van der Waals surface area (Å²) in [7, 11) is 0. The van der Waals surface area contributed by atoms with Crippen LogP contribution in [0, 0.1) is 12.8 Å². The maximum Gasteiger partial charge on any atom is 0.163 e. The van der Waals surface area contributed by atoms with Gasteiger partial charge in [0.25, 0.3) is 0 Å². The summed E-state index contributed by atoms with van der Waals surface area (Å²) in [6, 6.07) is 3.70. The highest BCUT2D eigenvalue weighted by Crippen LogP contribution is 2.32. The topological polar surface area (TPSA) is 37.4 Å². The normalized spacial score (nSPS) is 20.1. The molecule has 25 heavy (non-hydrogen) atoms. The second-order valence-corrected chi connectivity index (χ2v) is 7.57. The Morgan fingerprint density at radius 2 is 1.92 bits per heavy atom. The Morgan fingerprint density at radius 1 is 1.20 bits per heavy atom. The Balaban J connectivity index is 1.75. The number of carbonyl (C=O) groups is 2. The first-order valence-electron chi connectivity index (χ1n) is 8.85. The summed E-state index contributed by atoms with van der Waals surface area (Å²) in [5.74, 6) is -0.00924. The van der Waals surface area contributed by atoms with Gasteiger partial charge in [0, 0.05) is 41.7 Å². The van der Waals surface area contributed by atoms with E-state index in [4.69, 9.17) is 11.6 Å². The zero-order valence-corrected chi connectivity index (χ0v) is 15.8. The Kier molecular flexibility index (Phi) is 5.14. The lowest BCUT2D eigenvalue weighted by molar-refractivity contribution is -0.117. The molecule has 1 saturated heterocycles. The molecule has 2 aliphatic rings. The third-order valence-corrected chi connectivity index (χ3v) is 5.44. The molecule has 1 aliphatic carbocycles. The minimum atomic E-state index is -0.179. The van der Waals surface area contributed by atoms with Crippen LogP contribution in [0.1, 0.15) is 49.0 Å². The number of hydrogen-bond donors (Lipinski definition) is 0. The molecule has 4 heteroatoms. The second-order valence-electron chi connectivity index (χ2n) is 7.13. The summed E-state index contributed by atoms with van der Waals surface area (Å²) in [5.41, 5.74) is 4.76. The zero-order chi connectivity index (χ0) is 18.1. The second kappa shape index (κ2) is 7.17. The minimum absolute atomic E-state index is 0.0636. The van der Waals surface area contributed by atoms with Gasteiger partial charge in [0.05, 0.1) is 0 Å². The van der Waals surface area contributed by atoms with Crippen molar-refractivity contribution in [3.63, 3.8) is 0 Å². The fourth-order valence-corrected chi connectivity index (χ4v) is 3.88. The van der Waals surface area contributed by atoms with E-state index in [1.54, 1.807) is 12.1 Å². The van der Waals surface area contributed by atoms with Crippen LogP contribution in [0.15, 0.2) is 35.4 Å². The van der Waals surface area contributed by atoms with Crippen LogP contribution in [0.5, 0.6) is 0 Å². The number of benzene rings is 1. The van der Waals surface area contributed by atoms with Crippen molar-refractivity contribution in [2.45, 2.75) is 40.0 Å². The number of anilines is 1. The molecule has 3 nitrogen and oxygen atoms in total. The van der Waals surface area contributed by atoms with Crippen molar-refractivity contribution >= 4 is 28.9 Å². The van der Waals surface area contributed by atoms with Gasteiger partial charge in [-0.3, -0.25) is 9.59 Å². The maximum absolute atomic E-state index is 12.8. The summed E-state index contributed by atoms with van der Waals surface area (Å²) in [5, 5.41) is 0.597. The lowest BCUT2D eigenvalue weighted by atomic mass is 9.84. The van der Waals surface area contributed by atoms with Gasteiger partial charge in [-0.15, -0.1) is 0 Å². The van der Waals surface area contributed by atoms with Gasteiger partial charge in [-0.05, 0) is 63.0 Å². The van der Waals surface area contributed by atoms with Crippen molar-refractivity contribution in [3.8, 4) is 0 Å². The number of rotatable bonds is 5. The van der Waals surface area contributed by atoms with E-state index >= 15 is 0 Å². The number of Topliss-reactive ketones (excluding diaryl/α,β-unsaturated/α-hetero) is 1. The summed E-state index contributed by atoms with van der Waals surface area (Å²) in [4.78, 5) is 27.3. The van der Waals surface area contributed by atoms with E-state index < -0.39 is 0 Å². The van der Waals surface area contributed by atoms with Crippen LogP contribution in [0.25, 0.3) is 0 Å². The Morgan fingerprint density at radius 3 is 2.52 bits per heavy atom. The fraction of sp³-hybridized carbons (Fsp3) is 0.429. The number of carbonyl (C=O) groups excluding carboxylic acids is 2. The lowest BCUT2D eigenvalue weighted by Crippen LogP contribution is -2.37. The van der Waals surface area contributed by atoms with Crippen molar-refractivity contribution in [3.05, 3.63) is 51.6 Å². The van der Waals surface area contributed by atoms with Gasteiger partial charge in [0.15, 0.2) is 11.6 Å². The first-order valence-corrected chi connectivity index (χ1v) is 9.23. The smallest absolute Gasteiger partial charge is 0.163 e. The summed E-state index contributed by atoms with van der Waals surface area (Å²) >= 11 is 6.25. The molecule has 1 aliphatic heterocycles. The van der Waals surface area contributed by atoms with E-state index in [0.29, 0.717) is 23.4 Å². The Bertz CT molecular complexity index is 787. The molecule has 1 atom stereocenters. The molecule has 0 spiro atoms. The molecule has 1 heterocycles. The van der Waals surface area contributed by atoms with Crippen LogP contribution < -0.4 is 4.90 Å². The van der Waals surface area contributed by atoms with Crippen LogP contribution in [0.2, 0.25) is 5.02 Å². The van der Waals surface area contributed by atoms with Crippen LogP contribution in [0.3, 0.4) is 0 Å². The highest BCUT2D eigenvalue weighted by molar-refractivity contribution is 6.31. The van der Waals surface area contributed by atoms with E-state index in [2.05, 4.69) is 4.90 Å². The first-order chi connectivity index (χ1) is 11.9. The van der Waals surface area contributed by atoms with E-state index in [1.165, 1.54) is 6.42 Å². The molecule has 0 N–H and O–H groups in total. The van der Waals surface area contributed by atoms with Gasteiger partial charge in [-0.2, -0.15) is 0 Å². The molecular formula is C21H24ClNO2. The number of ketones is 2. The van der Waals surface area contributed by atoms with Crippen LogP contribution >= 0.6 is 11.6 Å². The van der Waals surface area contributed by atoms with Gasteiger partial charge in [-0.1, -0.05) is 23.3 Å². The molecule has 0 bridgehead atoms. The molecular weight excluding hydrogens is 334 g/mol. The Labute approximate surface area is 154 Å². The number of hydrogen-bond acceptors (Lipinski definition) is 3. The quantitative estimate of drug-likeness (QED) is 0.702. The number of allylic oxidation sites excluding steroid dienone is 4. The maximum atomic E-state index is 12.8. The van der Waals surface area contributed by atoms with Crippen molar-refractivity contribution < 1.29 is 9.59 Å². The van der Waals surface area contributed by atoms with Gasteiger partial charge < -0.3 is 4.90 Å². The average Bonchev–Trinajstić information content (AvgIpc) is 2.47. The van der Waals surface area contributed by atoms with Crippen LogP contribution in [-0.4, -0.2) is 24.7 Å². The monoisotopic (exact) mass is 357 g/mol. The number of nitrogens with zero attached hydrogens (tertiary/aromatic N) is 1. The predicted molar refractivity (Wildman–Crippen MR) is 103 cm³/mol. The largest absolute Gasteiger partial charge is 0.371 e. The van der Waals surface area contributed by atoms with Crippen LogP contribution in [0.4, 0.5) is 5.69 Å². The molecule has 1 fully saturated rings. The molecule has 132 valence electrons. The summed E-state index contributed by atoms with van der Waals surface area (Å²) < 4.78 is 0. The molecule has 0 saturated carbocycles. The van der Waals surface area contributed by atoms with Crippen molar-refractivity contribution in [1.29, 1.82) is 0 Å². The van der Waals surface area contributed by atoms with Gasteiger partial charge >= 0.3 is 0 Å². The molecule has 1 aromatic rings. The first kappa shape index (κ1) is 17.9. The standard InChI is InChI=1S/C21H24ClNO2/c1-13-9-14(2)17(21(25)10-13)5-6-20(24)18-11-16(22)12-19(15(18)3)23-7-4-8-23/h9-12,17H,4-8H2,1-3H3. The van der Waals surface area contributed by atoms with Crippen molar-refractivity contribution in [2.24, 2.45) is 5.92 Å². The number of halogens is 1. The van der Waals surface area contributed by atoms with Crippen molar-refractivity contribution in [2.75, 3.05) is 18.0 Å². The fourth-order valence-electron chi connectivity index (χ4n) is 3.67. The van der Waals surface area contributed by atoms with Gasteiger partial charge in [0.2, 0.25) is 0 Å². The molecule has 3 rings (SSSR count). The zero-order valence-electron chi connectivity index (χ0n) is 15.1. The highest BCUT2D eigenvalue weighted by atomic mass is 35.5. The van der Waals surface area contributed by atoms with E-state index in [0.717, 1.165) is 35.5 Å². The lowest BCUT2D eigenvalue weighted by Gasteiger charge is -2.35. The Hall–Kier alpha value is -1.87. The molecule has 0 amide bonds. The molecule has 1 aromatic carbocycles. The summed E-state index contributed by atoms with van der Waals surface area (Å²) in [6.45, 7) is 7.91. The van der Waals surface area contributed by atoms with E-state index in [1.807, 2.05) is 32.9 Å². The van der Waals surface area contributed by atoms with E-state index in [9.17, 15) is 9.59 Å². The van der Waals surface area contributed by atoms with Gasteiger partial charge in [0.1, 0.15) is 0 Å². The predicted octanol–water partition coefficient (Wildman–Crippen LogP) is 4.91.